The Balaban J connectivity index is 1.86. The number of benzene rings is 2. The molecule has 1 saturated carbocycles. The van der Waals surface area contributed by atoms with Crippen LogP contribution in [-0.2, 0) is 11.9 Å². The number of nitrogens with one attached hydrogen (secondary N) is 1. The summed E-state index contributed by atoms with van der Waals surface area (Å²) in [6.07, 6.45) is 2.55. The van der Waals surface area contributed by atoms with E-state index in [0.29, 0.717) is 24.2 Å². The minimum atomic E-state index is -0.647. The number of pyridine rings is 1. The summed E-state index contributed by atoms with van der Waals surface area (Å²) >= 11 is 3.41. The molecule has 0 spiro atoms. The molecule has 1 aliphatic rings. The third kappa shape index (κ3) is 4.15. The number of aromatic nitrogens is 1. The number of alkyl halides is 1. The van der Waals surface area contributed by atoms with Crippen molar-refractivity contribution in [1.29, 1.82) is 0 Å². The van der Waals surface area contributed by atoms with Crippen LogP contribution in [0.3, 0.4) is 0 Å². The third-order valence-corrected chi connectivity index (χ3v) is 6.28. The number of carbonyl (C=O) groups is 1. The van der Waals surface area contributed by atoms with Crippen molar-refractivity contribution in [3.8, 4) is 0 Å². The molecule has 0 radical (unpaired) electrons. The average Bonchev–Trinajstić information content (AvgIpc) is 3.58. The second-order valence-corrected chi connectivity index (χ2v) is 8.48. The number of carbonyl (C=O) groups excluding carboxylic acids is 1. The van der Waals surface area contributed by atoms with Crippen LogP contribution in [0.25, 0.3) is 10.8 Å². The molecule has 162 valence electrons. The van der Waals surface area contributed by atoms with Crippen molar-refractivity contribution in [1.82, 2.24) is 9.88 Å². The number of amides is 1. The van der Waals surface area contributed by atoms with Gasteiger partial charge in [0.2, 0.25) is 0 Å². The Kier molecular flexibility index (Phi) is 6.23. The van der Waals surface area contributed by atoms with Crippen molar-refractivity contribution >= 4 is 32.6 Å². The van der Waals surface area contributed by atoms with E-state index in [1.165, 1.54) is 28.8 Å². The summed E-state index contributed by atoms with van der Waals surface area (Å²) in [5, 5.41) is 3.53. The van der Waals surface area contributed by atoms with Crippen LogP contribution in [0.1, 0.15) is 53.8 Å². The van der Waals surface area contributed by atoms with Gasteiger partial charge in [0.05, 0.1) is 17.0 Å². The van der Waals surface area contributed by atoms with Crippen molar-refractivity contribution in [2.75, 3.05) is 0 Å². The van der Waals surface area contributed by atoms with Crippen molar-refractivity contribution in [2.45, 2.75) is 44.1 Å². The van der Waals surface area contributed by atoms with Crippen LogP contribution >= 0.6 is 15.9 Å². The zero-order chi connectivity index (χ0) is 22.1. The highest BCUT2D eigenvalue weighted by atomic mass is 79.9. The van der Waals surface area contributed by atoms with E-state index in [1.807, 2.05) is 6.92 Å². The van der Waals surface area contributed by atoms with E-state index in [1.54, 1.807) is 18.2 Å². The molecule has 2 aromatic carbocycles. The molecule has 0 aliphatic heterocycles. The monoisotopic (exact) mass is 488 g/mol. The lowest BCUT2D eigenvalue weighted by Crippen LogP contribution is -2.34. The molecule has 1 aromatic heterocycles. The average molecular weight is 489 g/mol. The SMILES string of the molecule is CCCn1c(CBr)c(C(=O)NC(c2cccc(F)c2)C2CC2)c2cccc(F)c2c1=O. The highest BCUT2D eigenvalue weighted by Crippen LogP contribution is 2.41. The standard InChI is InChI=1S/C24H23BrF2N2O2/c1-2-11-29-19(13-25)21(17-7-4-8-18(27)20(17)24(29)31)23(30)28-22(14-9-10-14)15-5-3-6-16(26)12-15/h3-8,12,14,22H,2,9-11,13H2,1H3,(H,28,30). The maximum Gasteiger partial charge on any atom is 0.261 e. The van der Waals surface area contributed by atoms with E-state index in [2.05, 4.69) is 21.2 Å². The summed E-state index contributed by atoms with van der Waals surface area (Å²) in [5.41, 5.74) is 1.05. The highest BCUT2D eigenvalue weighted by Gasteiger charge is 2.35. The van der Waals surface area contributed by atoms with Crippen LogP contribution in [0.15, 0.2) is 47.3 Å². The van der Waals surface area contributed by atoms with Gasteiger partial charge in [0, 0.05) is 23.0 Å². The number of hydrogen-bond donors (Lipinski definition) is 1. The topological polar surface area (TPSA) is 51.1 Å². The summed E-state index contributed by atoms with van der Waals surface area (Å²) in [4.78, 5) is 26.6. The first-order chi connectivity index (χ1) is 15.0. The second kappa shape index (κ2) is 8.91. The molecule has 1 heterocycles. The van der Waals surface area contributed by atoms with Crippen molar-refractivity contribution in [3.63, 3.8) is 0 Å². The first kappa shape index (κ1) is 21.7. The zero-order valence-electron chi connectivity index (χ0n) is 17.1. The predicted octanol–water partition coefficient (Wildman–Crippen LogP) is 5.47. The van der Waals surface area contributed by atoms with Gasteiger partial charge in [-0.3, -0.25) is 9.59 Å². The van der Waals surface area contributed by atoms with Crippen LogP contribution in [-0.4, -0.2) is 10.5 Å². The third-order valence-electron chi connectivity index (χ3n) is 5.75. The smallest absolute Gasteiger partial charge is 0.261 e. The first-order valence-electron chi connectivity index (χ1n) is 10.4. The van der Waals surface area contributed by atoms with E-state index in [-0.39, 0.29) is 39.4 Å². The molecule has 7 heteroatoms. The van der Waals surface area contributed by atoms with Crippen LogP contribution in [0, 0.1) is 17.6 Å². The minimum Gasteiger partial charge on any atom is -0.345 e. The van der Waals surface area contributed by atoms with Gasteiger partial charge in [0.1, 0.15) is 11.6 Å². The van der Waals surface area contributed by atoms with Gasteiger partial charge in [-0.2, -0.15) is 0 Å². The van der Waals surface area contributed by atoms with Gasteiger partial charge in [-0.1, -0.05) is 47.1 Å². The second-order valence-electron chi connectivity index (χ2n) is 7.92. The molecule has 1 N–H and O–H groups in total. The Labute approximate surface area is 187 Å². The Morgan fingerprint density at radius 2 is 1.97 bits per heavy atom. The number of rotatable bonds is 7. The summed E-state index contributed by atoms with van der Waals surface area (Å²) < 4.78 is 30.0. The van der Waals surface area contributed by atoms with Gasteiger partial charge >= 0.3 is 0 Å². The fraction of sp³-hybridized carbons (Fsp3) is 0.333. The lowest BCUT2D eigenvalue weighted by atomic mass is 9.99. The summed E-state index contributed by atoms with van der Waals surface area (Å²) in [5.74, 6) is -1.17. The molecular weight excluding hydrogens is 466 g/mol. The Morgan fingerprint density at radius 1 is 1.23 bits per heavy atom. The van der Waals surface area contributed by atoms with Crippen LogP contribution in [0.4, 0.5) is 8.78 Å². The predicted molar refractivity (Wildman–Crippen MR) is 120 cm³/mol. The summed E-state index contributed by atoms with van der Waals surface area (Å²) in [6, 6.07) is 10.2. The van der Waals surface area contributed by atoms with Gasteiger partial charge in [-0.25, -0.2) is 8.78 Å². The van der Waals surface area contributed by atoms with Crippen LogP contribution < -0.4 is 10.9 Å². The molecule has 4 rings (SSSR count). The zero-order valence-corrected chi connectivity index (χ0v) is 18.7. The van der Waals surface area contributed by atoms with Gasteiger partial charge < -0.3 is 9.88 Å². The maximum atomic E-state index is 14.7. The van der Waals surface area contributed by atoms with Crippen molar-refractivity contribution in [2.24, 2.45) is 5.92 Å². The van der Waals surface area contributed by atoms with E-state index < -0.39 is 17.3 Å². The van der Waals surface area contributed by atoms with Gasteiger partial charge in [0.15, 0.2) is 0 Å². The van der Waals surface area contributed by atoms with Gasteiger partial charge in [-0.05, 0) is 48.9 Å². The molecule has 1 atom stereocenters. The lowest BCUT2D eigenvalue weighted by Gasteiger charge is -2.22. The molecule has 1 amide bonds. The summed E-state index contributed by atoms with van der Waals surface area (Å²) in [6.45, 7) is 2.29. The quantitative estimate of drug-likeness (QED) is 0.448. The van der Waals surface area contributed by atoms with Crippen LogP contribution in [0.5, 0.6) is 0 Å². The van der Waals surface area contributed by atoms with E-state index in [9.17, 15) is 18.4 Å². The van der Waals surface area contributed by atoms with E-state index in [4.69, 9.17) is 0 Å². The van der Waals surface area contributed by atoms with Crippen molar-refractivity contribution < 1.29 is 13.6 Å². The molecular formula is C24H23BrF2N2O2. The largest absolute Gasteiger partial charge is 0.345 e. The van der Waals surface area contributed by atoms with E-state index >= 15 is 0 Å². The number of hydrogen-bond acceptors (Lipinski definition) is 2. The maximum absolute atomic E-state index is 14.7. The summed E-state index contributed by atoms with van der Waals surface area (Å²) in [7, 11) is 0. The molecule has 1 unspecified atom stereocenters. The minimum absolute atomic E-state index is 0.0838. The lowest BCUT2D eigenvalue weighted by molar-refractivity contribution is 0.0931. The molecule has 0 saturated heterocycles. The Bertz CT molecular complexity index is 1200. The molecule has 1 fully saturated rings. The van der Waals surface area contributed by atoms with Crippen LogP contribution in [0.2, 0.25) is 0 Å². The molecule has 0 bridgehead atoms. The molecule has 4 nitrogen and oxygen atoms in total. The van der Waals surface area contributed by atoms with Crippen molar-refractivity contribution in [3.05, 3.63) is 81.3 Å². The Morgan fingerprint density at radius 3 is 2.61 bits per heavy atom. The number of fused-ring (bicyclic) bond motifs is 1. The molecule has 3 aromatic rings. The Hall–Kier alpha value is -2.54. The van der Waals surface area contributed by atoms with Gasteiger partial charge in [0.25, 0.3) is 11.5 Å². The first-order valence-corrected chi connectivity index (χ1v) is 11.5. The van der Waals surface area contributed by atoms with E-state index in [0.717, 1.165) is 12.8 Å². The fourth-order valence-electron chi connectivity index (χ4n) is 4.17. The molecule has 31 heavy (non-hydrogen) atoms. The highest BCUT2D eigenvalue weighted by molar-refractivity contribution is 9.08. The number of halogens is 3. The van der Waals surface area contributed by atoms with Gasteiger partial charge in [-0.15, -0.1) is 0 Å². The normalized spacial score (nSPS) is 14.6. The molecule has 1 aliphatic carbocycles. The number of nitrogens with zero attached hydrogens (tertiary/aromatic N) is 1. The fourth-order valence-corrected chi connectivity index (χ4v) is 4.75.